The summed E-state index contributed by atoms with van der Waals surface area (Å²) in [6.45, 7) is 8.06. The number of allylic oxidation sites excluding steroid dienone is 11. The van der Waals surface area contributed by atoms with Gasteiger partial charge in [0.2, 0.25) is 0 Å². The van der Waals surface area contributed by atoms with Crippen molar-refractivity contribution >= 4 is 5.78 Å². The smallest absolute Gasteiger partial charge is 0.169 e. The molecule has 2 rings (SSSR count). The van der Waals surface area contributed by atoms with Crippen LogP contribution < -0.4 is 0 Å². The first kappa shape index (κ1) is 17.7. The summed E-state index contributed by atoms with van der Waals surface area (Å²) in [7, 11) is 0. The van der Waals surface area contributed by atoms with Crippen LogP contribution in [0.1, 0.15) is 20.3 Å². The fourth-order valence-electron chi connectivity index (χ4n) is 2.06. The van der Waals surface area contributed by atoms with E-state index in [2.05, 4.69) is 6.58 Å². The SMILES string of the molecule is C=C/C=C\OC/C=C/C1=CC(C(=O)C2=CC=CC2)C=C1.CC. The minimum absolute atomic E-state index is 0.123. The van der Waals surface area contributed by atoms with Crippen LogP contribution in [-0.4, -0.2) is 12.4 Å². The first-order valence-corrected chi connectivity index (χ1v) is 7.67. The van der Waals surface area contributed by atoms with Crippen LogP contribution in [0.2, 0.25) is 0 Å². The Morgan fingerprint density at radius 1 is 1.45 bits per heavy atom. The number of rotatable bonds is 7. The van der Waals surface area contributed by atoms with Crippen molar-refractivity contribution in [3.8, 4) is 0 Å². The highest BCUT2D eigenvalue weighted by atomic mass is 16.5. The van der Waals surface area contributed by atoms with Crippen LogP contribution in [0.15, 0.2) is 84.7 Å². The van der Waals surface area contributed by atoms with E-state index >= 15 is 0 Å². The Bertz CT molecular complexity index is 554. The molecule has 0 aromatic heterocycles. The van der Waals surface area contributed by atoms with Gasteiger partial charge in [-0.05, 0) is 29.7 Å². The molecule has 0 radical (unpaired) electrons. The van der Waals surface area contributed by atoms with Crippen molar-refractivity contribution in [1.82, 2.24) is 0 Å². The molecule has 2 aliphatic carbocycles. The van der Waals surface area contributed by atoms with Crippen LogP contribution in [0.5, 0.6) is 0 Å². The fourth-order valence-corrected chi connectivity index (χ4v) is 2.06. The fraction of sp³-hybridized carbons (Fsp3) is 0.250. The van der Waals surface area contributed by atoms with Gasteiger partial charge in [-0.15, -0.1) is 0 Å². The molecule has 2 nitrogen and oxygen atoms in total. The number of ether oxygens (including phenoxy) is 1. The van der Waals surface area contributed by atoms with Gasteiger partial charge in [0.05, 0.1) is 12.2 Å². The van der Waals surface area contributed by atoms with Crippen molar-refractivity contribution in [3.05, 3.63) is 84.7 Å². The second-order valence-electron chi connectivity index (χ2n) is 4.54. The molecule has 0 heterocycles. The van der Waals surface area contributed by atoms with Gasteiger partial charge in [0, 0.05) is 0 Å². The molecular formula is C20H24O2. The summed E-state index contributed by atoms with van der Waals surface area (Å²) in [5, 5.41) is 0. The Hall–Kier alpha value is -2.35. The predicted molar refractivity (Wildman–Crippen MR) is 93.3 cm³/mol. The van der Waals surface area contributed by atoms with Crippen LogP contribution in [0.25, 0.3) is 0 Å². The largest absolute Gasteiger partial charge is 0.497 e. The first-order chi connectivity index (χ1) is 10.8. The van der Waals surface area contributed by atoms with E-state index in [9.17, 15) is 4.79 Å². The zero-order chi connectivity index (χ0) is 16.2. The van der Waals surface area contributed by atoms with Gasteiger partial charge in [0.15, 0.2) is 5.78 Å². The Balaban J connectivity index is 0.00000116. The van der Waals surface area contributed by atoms with E-state index in [1.54, 1.807) is 18.4 Å². The Morgan fingerprint density at radius 3 is 2.95 bits per heavy atom. The van der Waals surface area contributed by atoms with E-state index in [0.717, 1.165) is 17.6 Å². The molecule has 0 amide bonds. The van der Waals surface area contributed by atoms with Crippen molar-refractivity contribution in [2.75, 3.05) is 6.61 Å². The molecule has 0 saturated heterocycles. The Labute approximate surface area is 133 Å². The van der Waals surface area contributed by atoms with Crippen molar-refractivity contribution in [2.24, 2.45) is 5.92 Å². The van der Waals surface area contributed by atoms with E-state index in [0.29, 0.717) is 6.61 Å². The lowest BCUT2D eigenvalue weighted by atomic mass is 9.98. The maximum absolute atomic E-state index is 12.2. The van der Waals surface area contributed by atoms with Gasteiger partial charge in [-0.3, -0.25) is 4.79 Å². The minimum atomic E-state index is -0.123. The Kier molecular flexibility index (Phi) is 8.36. The summed E-state index contributed by atoms with van der Waals surface area (Å²) in [6, 6.07) is 0. The molecule has 2 heteroatoms. The van der Waals surface area contributed by atoms with Gasteiger partial charge in [-0.1, -0.05) is 69.0 Å². The van der Waals surface area contributed by atoms with E-state index < -0.39 is 0 Å². The summed E-state index contributed by atoms with van der Waals surface area (Å²) >= 11 is 0. The highest BCUT2D eigenvalue weighted by Crippen LogP contribution is 2.23. The maximum Gasteiger partial charge on any atom is 0.169 e. The molecule has 0 spiro atoms. The first-order valence-electron chi connectivity index (χ1n) is 7.67. The minimum Gasteiger partial charge on any atom is -0.497 e. The van der Waals surface area contributed by atoms with Crippen molar-refractivity contribution < 1.29 is 9.53 Å². The number of hydrogen-bond acceptors (Lipinski definition) is 2. The maximum atomic E-state index is 12.2. The summed E-state index contributed by atoms with van der Waals surface area (Å²) in [5.41, 5.74) is 1.94. The molecule has 0 bridgehead atoms. The number of ketones is 1. The van der Waals surface area contributed by atoms with E-state index in [1.807, 2.05) is 62.5 Å². The van der Waals surface area contributed by atoms with Crippen LogP contribution in [0.4, 0.5) is 0 Å². The van der Waals surface area contributed by atoms with Crippen LogP contribution in [0.3, 0.4) is 0 Å². The van der Waals surface area contributed by atoms with E-state index in [1.165, 1.54) is 0 Å². The third kappa shape index (κ3) is 5.57. The molecule has 22 heavy (non-hydrogen) atoms. The standard InChI is InChI=1S/C18H18O2.C2H6/c1-2-3-12-20-13-6-7-15-10-11-17(14-15)18(19)16-8-4-5-9-16;1-2/h2-8,10-12,14,17H,1,9,13H2;1-2H3/b7-6+,12-3-;. The van der Waals surface area contributed by atoms with Crippen molar-refractivity contribution in [2.45, 2.75) is 20.3 Å². The predicted octanol–water partition coefficient (Wildman–Crippen LogP) is 4.85. The molecule has 0 saturated carbocycles. The molecule has 2 aliphatic rings. The normalized spacial score (nSPS) is 19.1. The summed E-state index contributed by atoms with van der Waals surface area (Å²) in [4.78, 5) is 12.2. The average molecular weight is 296 g/mol. The van der Waals surface area contributed by atoms with Gasteiger partial charge in [0.1, 0.15) is 6.61 Å². The number of Topliss-reactive ketones (excluding diaryl/α,β-unsaturated/α-hetero) is 1. The third-order valence-electron chi connectivity index (χ3n) is 3.07. The molecule has 0 aliphatic heterocycles. The molecule has 0 fully saturated rings. The monoisotopic (exact) mass is 296 g/mol. The summed E-state index contributed by atoms with van der Waals surface area (Å²) < 4.78 is 5.22. The highest BCUT2D eigenvalue weighted by molar-refractivity contribution is 6.01. The van der Waals surface area contributed by atoms with Gasteiger partial charge >= 0.3 is 0 Å². The van der Waals surface area contributed by atoms with Crippen molar-refractivity contribution in [3.63, 3.8) is 0 Å². The average Bonchev–Trinajstić information content (AvgIpc) is 3.23. The molecule has 116 valence electrons. The number of carbonyl (C=O) groups is 1. The molecule has 0 aromatic rings. The van der Waals surface area contributed by atoms with Gasteiger partial charge in [-0.2, -0.15) is 0 Å². The van der Waals surface area contributed by atoms with Crippen LogP contribution in [0, 0.1) is 5.92 Å². The molecule has 1 atom stereocenters. The quantitative estimate of drug-likeness (QED) is 0.381. The van der Waals surface area contributed by atoms with Gasteiger partial charge < -0.3 is 4.74 Å². The molecular weight excluding hydrogens is 272 g/mol. The number of carbonyl (C=O) groups excluding carboxylic acids is 1. The van der Waals surface area contributed by atoms with Crippen molar-refractivity contribution in [1.29, 1.82) is 0 Å². The van der Waals surface area contributed by atoms with Gasteiger partial charge in [0.25, 0.3) is 0 Å². The molecule has 0 N–H and O–H groups in total. The lowest BCUT2D eigenvalue weighted by Gasteiger charge is -2.04. The second kappa shape index (κ2) is 10.4. The second-order valence-corrected chi connectivity index (χ2v) is 4.54. The summed E-state index contributed by atoms with van der Waals surface area (Å²) in [6.07, 6.45) is 21.4. The summed E-state index contributed by atoms with van der Waals surface area (Å²) in [5.74, 6) is 0.0715. The number of hydrogen-bond donors (Lipinski definition) is 0. The lowest BCUT2D eigenvalue weighted by Crippen LogP contribution is -2.10. The zero-order valence-corrected chi connectivity index (χ0v) is 13.4. The van der Waals surface area contributed by atoms with Gasteiger partial charge in [-0.25, -0.2) is 0 Å². The van der Waals surface area contributed by atoms with E-state index in [-0.39, 0.29) is 11.7 Å². The highest BCUT2D eigenvalue weighted by Gasteiger charge is 2.20. The van der Waals surface area contributed by atoms with Crippen LogP contribution >= 0.6 is 0 Å². The van der Waals surface area contributed by atoms with E-state index in [4.69, 9.17) is 4.74 Å². The third-order valence-corrected chi connectivity index (χ3v) is 3.07. The zero-order valence-electron chi connectivity index (χ0n) is 13.4. The topological polar surface area (TPSA) is 26.3 Å². The molecule has 1 unspecified atom stereocenters. The lowest BCUT2D eigenvalue weighted by molar-refractivity contribution is -0.116. The Morgan fingerprint density at radius 2 is 2.27 bits per heavy atom. The van der Waals surface area contributed by atoms with Crippen LogP contribution in [-0.2, 0) is 9.53 Å². The molecule has 0 aromatic carbocycles.